The molecule has 1 saturated heterocycles. The van der Waals surface area contributed by atoms with Gasteiger partial charge in [-0.2, -0.15) is 0 Å². The molecule has 0 saturated carbocycles. The second-order valence-corrected chi connectivity index (χ2v) is 5.33. The summed E-state index contributed by atoms with van der Waals surface area (Å²) in [6, 6.07) is 2.77. The number of carbonyl (C=O) groups is 2. The molecule has 2 aliphatic heterocycles. The van der Waals surface area contributed by atoms with Crippen molar-refractivity contribution in [2.45, 2.75) is 24.9 Å². The highest BCUT2D eigenvalue weighted by Crippen LogP contribution is 2.38. The third kappa shape index (κ3) is 2.02. The van der Waals surface area contributed by atoms with Crippen molar-refractivity contribution in [2.75, 3.05) is 13.1 Å². The number of fused-ring (bicyclic) bond motifs is 1. The molecule has 1 unspecified atom stereocenters. The van der Waals surface area contributed by atoms with Crippen molar-refractivity contribution in [3.8, 4) is 5.75 Å². The lowest BCUT2D eigenvalue weighted by molar-refractivity contribution is 0.0619. The second kappa shape index (κ2) is 4.49. The van der Waals surface area contributed by atoms with E-state index < -0.39 is 11.9 Å². The zero-order valence-electron chi connectivity index (χ0n) is 10.8. The molecule has 106 valence electrons. The van der Waals surface area contributed by atoms with Gasteiger partial charge in [-0.25, -0.2) is 9.59 Å². The minimum Gasteiger partial charge on any atom is -0.486 e. The SMILES string of the molecule is O=C(O)c1cc2c(cc1C(=O)O)OC1(CCNC1)CC2. The number of carboxylic acids is 2. The number of carboxylic acid groups (broad SMARTS) is 2. The Labute approximate surface area is 115 Å². The molecule has 6 nitrogen and oxygen atoms in total. The fraction of sp³-hybridized carbons (Fsp3) is 0.429. The largest absolute Gasteiger partial charge is 0.486 e. The van der Waals surface area contributed by atoms with Gasteiger partial charge in [-0.15, -0.1) is 0 Å². The van der Waals surface area contributed by atoms with E-state index in [1.54, 1.807) is 0 Å². The van der Waals surface area contributed by atoms with Crippen molar-refractivity contribution in [3.63, 3.8) is 0 Å². The number of hydrogen-bond acceptors (Lipinski definition) is 4. The van der Waals surface area contributed by atoms with Gasteiger partial charge in [0, 0.05) is 13.0 Å². The lowest BCUT2D eigenvalue weighted by Gasteiger charge is -2.35. The number of benzene rings is 1. The Bertz CT molecular complexity index is 589. The van der Waals surface area contributed by atoms with Gasteiger partial charge in [0.15, 0.2) is 0 Å². The van der Waals surface area contributed by atoms with E-state index in [-0.39, 0.29) is 16.7 Å². The summed E-state index contributed by atoms with van der Waals surface area (Å²) in [7, 11) is 0. The smallest absolute Gasteiger partial charge is 0.336 e. The molecule has 3 N–H and O–H groups in total. The number of aryl methyl sites for hydroxylation is 1. The standard InChI is InChI=1S/C14H15NO5/c16-12(17)9-5-8-1-2-14(3-4-15-7-14)20-11(8)6-10(9)13(18)19/h5-6,15H,1-4,7H2,(H,16,17)(H,18,19). The molecule has 1 aromatic rings. The van der Waals surface area contributed by atoms with Gasteiger partial charge in [-0.05, 0) is 37.1 Å². The first-order chi connectivity index (χ1) is 9.51. The average molecular weight is 277 g/mol. The molecule has 6 heteroatoms. The van der Waals surface area contributed by atoms with Crippen LogP contribution in [0.4, 0.5) is 0 Å². The lowest BCUT2D eigenvalue weighted by Crippen LogP contribution is -2.41. The number of nitrogens with one attached hydrogen (secondary N) is 1. The number of aromatic carboxylic acids is 2. The van der Waals surface area contributed by atoms with Crippen LogP contribution in [0.1, 0.15) is 39.1 Å². The van der Waals surface area contributed by atoms with Crippen molar-refractivity contribution in [1.29, 1.82) is 0 Å². The summed E-state index contributed by atoms with van der Waals surface area (Å²) in [5, 5.41) is 21.5. The first-order valence-electron chi connectivity index (χ1n) is 6.54. The van der Waals surface area contributed by atoms with E-state index in [1.807, 2.05) is 0 Å². The first-order valence-corrected chi connectivity index (χ1v) is 6.54. The van der Waals surface area contributed by atoms with Gasteiger partial charge in [0.2, 0.25) is 0 Å². The predicted molar refractivity (Wildman–Crippen MR) is 69.5 cm³/mol. The second-order valence-electron chi connectivity index (χ2n) is 5.33. The molecule has 0 amide bonds. The Hall–Kier alpha value is -2.08. The highest BCUT2D eigenvalue weighted by molar-refractivity contribution is 6.02. The summed E-state index contributed by atoms with van der Waals surface area (Å²) in [6.07, 6.45) is 2.41. The molecule has 0 aliphatic carbocycles. The van der Waals surface area contributed by atoms with Crippen LogP contribution in [0.25, 0.3) is 0 Å². The third-order valence-electron chi connectivity index (χ3n) is 4.04. The molecule has 2 aliphatic rings. The molecule has 0 bridgehead atoms. The van der Waals surface area contributed by atoms with E-state index in [2.05, 4.69) is 5.32 Å². The Morgan fingerprint density at radius 1 is 1.15 bits per heavy atom. The Morgan fingerprint density at radius 3 is 2.45 bits per heavy atom. The van der Waals surface area contributed by atoms with Crippen molar-refractivity contribution in [2.24, 2.45) is 0 Å². The van der Waals surface area contributed by atoms with Gasteiger partial charge < -0.3 is 20.3 Å². The van der Waals surface area contributed by atoms with Crippen LogP contribution in [0.15, 0.2) is 12.1 Å². The van der Waals surface area contributed by atoms with Crippen LogP contribution in [0.3, 0.4) is 0 Å². The molecule has 0 radical (unpaired) electrons. The summed E-state index contributed by atoms with van der Waals surface area (Å²) in [5.41, 5.74) is 0.0950. The highest BCUT2D eigenvalue weighted by Gasteiger charge is 2.39. The van der Waals surface area contributed by atoms with Crippen molar-refractivity contribution in [3.05, 3.63) is 28.8 Å². The maximum atomic E-state index is 11.2. The van der Waals surface area contributed by atoms with Gasteiger partial charge in [-0.3, -0.25) is 0 Å². The lowest BCUT2D eigenvalue weighted by atomic mass is 9.88. The normalized spacial score (nSPS) is 24.2. The summed E-state index contributed by atoms with van der Waals surface area (Å²) < 4.78 is 5.99. The summed E-state index contributed by atoms with van der Waals surface area (Å²) in [6.45, 7) is 1.63. The van der Waals surface area contributed by atoms with Gasteiger partial charge in [-0.1, -0.05) is 0 Å². The molecule has 1 fully saturated rings. The van der Waals surface area contributed by atoms with E-state index >= 15 is 0 Å². The van der Waals surface area contributed by atoms with Crippen molar-refractivity contribution < 1.29 is 24.5 Å². The average Bonchev–Trinajstić information content (AvgIpc) is 2.85. The third-order valence-corrected chi connectivity index (χ3v) is 4.04. The van der Waals surface area contributed by atoms with Crippen LogP contribution in [-0.2, 0) is 6.42 Å². The fourth-order valence-electron chi connectivity index (χ4n) is 2.94. The molecule has 1 atom stereocenters. The molecular weight excluding hydrogens is 262 g/mol. The van der Waals surface area contributed by atoms with E-state index in [9.17, 15) is 9.59 Å². The van der Waals surface area contributed by atoms with Crippen molar-refractivity contribution in [1.82, 2.24) is 5.32 Å². The van der Waals surface area contributed by atoms with Gasteiger partial charge in [0.05, 0.1) is 11.1 Å². The zero-order chi connectivity index (χ0) is 14.3. The van der Waals surface area contributed by atoms with Crippen LogP contribution in [-0.4, -0.2) is 40.8 Å². The molecule has 0 aromatic heterocycles. The topological polar surface area (TPSA) is 95.9 Å². The van der Waals surface area contributed by atoms with Crippen LogP contribution in [0, 0.1) is 0 Å². The Morgan fingerprint density at radius 2 is 1.85 bits per heavy atom. The maximum Gasteiger partial charge on any atom is 0.336 e. The molecular formula is C14H15NO5. The molecule has 1 spiro atoms. The Balaban J connectivity index is 2.04. The van der Waals surface area contributed by atoms with Gasteiger partial charge >= 0.3 is 11.9 Å². The first kappa shape index (κ1) is 12.9. The van der Waals surface area contributed by atoms with E-state index in [4.69, 9.17) is 14.9 Å². The number of hydrogen-bond donors (Lipinski definition) is 3. The van der Waals surface area contributed by atoms with Crippen LogP contribution in [0.5, 0.6) is 5.75 Å². The summed E-state index contributed by atoms with van der Waals surface area (Å²) in [5.74, 6) is -1.98. The summed E-state index contributed by atoms with van der Waals surface area (Å²) >= 11 is 0. The monoisotopic (exact) mass is 277 g/mol. The van der Waals surface area contributed by atoms with Gasteiger partial charge in [0.1, 0.15) is 11.4 Å². The van der Waals surface area contributed by atoms with E-state index in [0.717, 1.165) is 31.5 Å². The zero-order valence-corrected chi connectivity index (χ0v) is 10.8. The van der Waals surface area contributed by atoms with Gasteiger partial charge in [0.25, 0.3) is 0 Å². The molecule has 1 aromatic carbocycles. The molecule has 2 heterocycles. The number of ether oxygens (including phenoxy) is 1. The van der Waals surface area contributed by atoms with E-state index in [0.29, 0.717) is 12.2 Å². The maximum absolute atomic E-state index is 11.2. The number of rotatable bonds is 2. The fourth-order valence-corrected chi connectivity index (χ4v) is 2.94. The Kier molecular flexibility index (Phi) is 2.90. The van der Waals surface area contributed by atoms with Crippen LogP contribution < -0.4 is 10.1 Å². The van der Waals surface area contributed by atoms with Crippen LogP contribution in [0.2, 0.25) is 0 Å². The highest BCUT2D eigenvalue weighted by atomic mass is 16.5. The molecule has 20 heavy (non-hydrogen) atoms. The van der Waals surface area contributed by atoms with Crippen molar-refractivity contribution >= 4 is 11.9 Å². The minimum absolute atomic E-state index is 0.180. The predicted octanol–water partition coefficient (Wildman–Crippen LogP) is 1.14. The van der Waals surface area contributed by atoms with Crippen LogP contribution >= 0.6 is 0 Å². The summed E-state index contributed by atoms with van der Waals surface area (Å²) in [4.78, 5) is 22.3. The minimum atomic E-state index is -1.25. The quantitative estimate of drug-likeness (QED) is 0.750. The van der Waals surface area contributed by atoms with E-state index in [1.165, 1.54) is 12.1 Å². The molecule has 3 rings (SSSR count).